The van der Waals surface area contributed by atoms with Gasteiger partial charge in [-0.3, -0.25) is 0 Å². The van der Waals surface area contributed by atoms with Crippen molar-refractivity contribution in [2.75, 3.05) is 7.11 Å². The van der Waals surface area contributed by atoms with Gasteiger partial charge in [-0.25, -0.2) is 0 Å². The van der Waals surface area contributed by atoms with E-state index in [0.717, 1.165) is 6.42 Å². The molecule has 0 saturated heterocycles. The monoisotopic (exact) mass is 249 g/mol. The molecule has 1 atom stereocenters. The lowest BCUT2D eigenvalue weighted by molar-refractivity contribution is 0.000900. The van der Waals surface area contributed by atoms with Crippen molar-refractivity contribution in [2.45, 2.75) is 31.9 Å². The van der Waals surface area contributed by atoms with Crippen LogP contribution in [0.4, 0.5) is 0 Å². The van der Waals surface area contributed by atoms with Crippen LogP contribution in [0.15, 0.2) is 29.6 Å². The van der Waals surface area contributed by atoms with Gasteiger partial charge >= 0.3 is 0 Å². The van der Waals surface area contributed by atoms with Gasteiger partial charge in [0, 0.05) is 17.9 Å². The van der Waals surface area contributed by atoms with Gasteiger partial charge in [-0.1, -0.05) is 18.2 Å². The van der Waals surface area contributed by atoms with Crippen LogP contribution in [0.2, 0.25) is 0 Å². The summed E-state index contributed by atoms with van der Waals surface area (Å²) in [6.45, 7) is 4.07. The molecule has 0 aliphatic rings. The lowest BCUT2D eigenvalue weighted by atomic mass is 9.93. The van der Waals surface area contributed by atoms with Crippen molar-refractivity contribution in [1.82, 2.24) is 0 Å². The minimum Gasteiger partial charge on any atom is -0.377 e. The van der Waals surface area contributed by atoms with E-state index >= 15 is 0 Å². The third-order valence-corrected chi connectivity index (χ3v) is 4.43. The van der Waals surface area contributed by atoms with Gasteiger partial charge < -0.3 is 10.5 Å². The number of hydrogen-bond acceptors (Lipinski definition) is 3. The summed E-state index contributed by atoms with van der Waals surface area (Å²) in [5.74, 6) is 0. The second-order valence-corrected chi connectivity index (χ2v) is 5.79. The van der Waals surface area contributed by atoms with Crippen molar-refractivity contribution in [3.8, 4) is 0 Å². The summed E-state index contributed by atoms with van der Waals surface area (Å²) in [7, 11) is 1.71. The molecule has 1 aromatic carbocycles. The summed E-state index contributed by atoms with van der Waals surface area (Å²) >= 11 is 1.78. The third-order valence-electron chi connectivity index (χ3n) is 3.42. The highest BCUT2D eigenvalue weighted by Gasteiger charge is 2.26. The minimum atomic E-state index is -0.289. The highest BCUT2D eigenvalue weighted by atomic mass is 32.1. The molecule has 0 radical (unpaired) electrons. The van der Waals surface area contributed by atoms with E-state index in [1.807, 2.05) is 13.8 Å². The van der Waals surface area contributed by atoms with Crippen molar-refractivity contribution in [2.24, 2.45) is 5.73 Å². The summed E-state index contributed by atoms with van der Waals surface area (Å²) in [5, 5.41) is 3.52. The SMILES string of the molecule is COC(C)(C)C(N)Cc1csc2ccccc12. The number of benzene rings is 1. The second kappa shape index (κ2) is 4.77. The zero-order valence-electron chi connectivity index (χ0n) is 10.6. The average molecular weight is 249 g/mol. The average Bonchev–Trinajstić information content (AvgIpc) is 2.73. The molecular weight excluding hydrogens is 230 g/mol. The van der Waals surface area contributed by atoms with Gasteiger partial charge in [0.1, 0.15) is 0 Å². The van der Waals surface area contributed by atoms with Crippen LogP contribution in [0.5, 0.6) is 0 Å². The van der Waals surface area contributed by atoms with Gasteiger partial charge in [-0.2, -0.15) is 0 Å². The molecule has 0 bridgehead atoms. The molecule has 1 heterocycles. The van der Waals surface area contributed by atoms with Gasteiger partial charge in [-0.15, -0.1) is 11.3 Å². The number of methoxy groups -OCH3 is 1. The van der Waals surface area contributed by atoms with E-state index in [2.05, 4.69) is 29.6 Å². The highest BCUT2D eigenvalue weighted by Crippen LogP contribution is 2.28. The van der Waals surface area contributed by atoms with Crippen LogP contribution in [0.3, 0.4) is 0 Å². The maximum Gasteiger partial charge on any atom is 0.0776 e. The fraction of sp³-hybridized carbons (Fsp3) is 0.429. The molecule has 2 N–H and O–H groups in total. The predicted octanol–water partition coefficient (Wildman–Crippen LogP) is 3.20. The van der Waals surface area contributed by atoms with Crippen LogP contribution in [0, 0.1) is 0 Å². The van der Waals surface area contributed by atoms with E-state index in [1.165, 1.54) is 15.6 Å². The standard InChI is InChI=1S/C14H19NOS/c1-14(2,16-3)13(15)8-10-9-17-12-7-5-4-6-11(10)12/h4-7,9,13H,8,15H2,1-3H3. The van der Waals surface area contributed by atoms with Gasteiger partial charge in [0.25, 0.3) is 0 Å². The maximum absolute atomic E-state index is 6.22. The fourth-order valence-electron chi connectivity index (χ4n) is 1.82. The molecule has 0 spiro atoms. The Morgan fingerprint density at radius 1 is 1.35 bits per heavy atom. The zero-order chi connectivity index (χ0) is 12.5. The van der Waals surface area contributed by atoms with E-state index in [1.54, 1.807) is 18.4 Å². The number of fused-ring (bicyclic) bond motifs is 1. The van der Waals surface area contributed by atoms with Gasteiger partial charge in [0.05, 0.1) is 5.60 Å². The van der Waals surface area contributed by atoms with Crippen LogP contribution < -0.4 is 5.73 Å². The van der Waals surface area contributed by atoms with E-state index in [0.29, 0.717) is 0 Å². The first kappa shape index (κ1) is 12.6. The summed E-state index contributed by atoms with van der Waals surface area (Å²) in [4.78, 5) is 0. The molecule has 0 saturated carbocycles. The third kappa shape index (κ3) is 2.51. The summed E-state index contributed by atoms with van der Waals surface area (Å²) in [6, 6.07) is 8.46. The number of rotatable bonds is 4. The van der Waals surface area contributed by atoms with E-state index in [-0.39, 0.29) is 11.6 Å². The normalized spacial score (nSPS) is 14.1. The Morgan fingerprint density at radius 2 is 2.06 bits per heavy atom. The minimum absolute atomic E-state index is 0.00510. The largest absolute Gasteiger partial charge is 0.377 e. The van der Waals surface area contributed by atoms with Gasteiger partial charge in [0.2, 0.25) is 0 Å². The van der Waals surface area contributed by atoms with Gasteiger partial charge in [0.15, 0.2) is 0 Å². The van der Waals surface area contributed by atoms with Gasteiger partial charge in [-0.05, 0) is 42.7 Å². The molecular formula is C14H19NOS. The summed E-state index contributed by atoms with van der Waals surface area (Å²) < 4.78 is 6.76. The first-order chi connectivity index (χ1) is 8.04. The van der Waals surface area contributed by atoms with Crippen molar-refractivity contribution in [3.05, 3.63) is 35.2 Å². The molecule has 2 rings (SSSR count). The van der Waals surface area contributed by atoms with Crippen molar-refractivity contribution in [1.29, 1.82) is 0 Å². The predicted molar refractivity (Wildman–Crippen MR) is 74.6 cm³/mol. The van der Waals surface area contributed by atoms with Crippen LogP contribution >= 0.6 is 11.3 Å². The lowest BCUT2D eigenvalue weighted by Gasteiger charge is -2.30. The van der Waals surface area contributed by atoms with Crippen LogP contribution in [-0.2, 0) is 11.2 Å². The molecule has 0 fully saturated rings. The lowest BCUT2D eigenvalue weighted by Crippen LogP contribution is -2.46. The molecule has 0 aliphatic heterocycles. The second-order valence-electron chi connectivity index (χ2n) is 4.88. The molecule has 1 unspecified atom stereocenters. The first-order valence-corrected chi connectivity index (χ1v) is 6.68. The summed E-state index contributed by atoms with van der Waals surface area (Å²) in [5.41, 5.74) is 7.26. The molecule has 1 aromatic heterocycles. The number of thiophene rings is 1. The van der Waals surface area contributed by atoms with E-state index in [4.69, 9.17) is 10.5 Å². The van der Waals surface area contributed by atoms with Crippen LogP contribution in [-0.4, -0.2) is 18.8 Å². The Balaban J connectivity index is 2.24. The Labute approximate surface area is 106 Å². The Bertz CT molecular complexity index is 504. The fourth-order valence-corrected chi connectivity index (χ4v) is 2.80. The zero-order valence-corrected chi connectivity index (χ0v) is 11.4. The van der Waals surface area contributed by atoms with Crippen molar-refractivity contribution in [3.63, 3.8) is 0 Å². The molecule has 3 heteroatoms. The van der Waals surface area contributed by atoms with Crippen molar-refractivity contribution < 1.29 is 4.74 Å². The molecule has 2 aromatic rings. The molecule has 0 amide bonds. The molecule has 92 valence electrons. The summed E-state index contributed by atoms with van der Waals surface area (Å²) in [6.07, 6.45) is 0.852. The quantitative estimate of drug-likeness (QED) is 0.903. The Morgan fingerprint density at radius 3 is 2.76 bits per heavy atom. The molecule has 0 aliphatic carbocycles. The van der Waals surface area contributed by atoms with E-state index in [9.17, 15) is 0 Å². The van der Waals surface area contributed by atoms with E-state index < -0.39 is 0 Å². The first-order valence-electron chi connectivity index (χ1n) is 5.80. The highest BCUT2D eigenvalue weighted by molar-refractivity contribution is 7.17. The molecule has 2 nitrogen and oxygen atoms in total. The van der Waals surface area contributed by atoms with Crippen LogP contribution in [0.1, 0.15) is 19.4 Å². The number of ether oxygens (including phenoxy) is 1. The topological polar surface area (TPSA) is 35.2 Å². The van der Waals surface area contributed by atoms with Crippen molar-refractivity contribution >= 4 is 21.4 Å². The maximum atomic E-state index is 6.22. The van der Waals surface area contributed by atoms with Crippen LogP contribution in [0.25, 0.3) is 10.1 Å². The Hall–Kier alpha value is -0.900. The molecule has 17 heavy (non-hydrogen) atoms. The smallest absolute Gasteiger partial charge is 0.0776 e. The number of hydrogen-bond donors (Lipinski definition) is 1. The Kier molecular flexibility index (Phi) is 3.52. The number of nitrogens with two attached hydrogens (primary N) is 1.